The summed E-state index contributed by atoms with van der Waals surface area (Å²) in [4.78, 5) is 0. The molecule has 0 fully saturated rings. The minimum absolute atomic E-state index is 0.407. The van der Waals surface area contributed by atoms with E-state index in [0.29, 0.717) is 6.04 Å². The maximum absolute atomic E-state index is 3.47. The van der Waals surface area contributed by atoms with Crippen molar-refractivity contribution in [2.45, 2.75) is 38.1 Å². The van der Waals surface area contributed by atoms with Crippen molar-refractivity contribution in [2.75, 3.05) is 7.05 Å². The monoisotopic (exact) mass is 265 g/mol. The van der Waals surface area contributed by atoms with Crippen LogP contribution in [0.1, 0.15) is 41.1 Å². The quantitative estimate of drug-likeness (QED) is 0.878. The molecule has 2 aromatic rings. The second-order valence-electron chi connectivity index (χ2n) is 5.77. The van der Waals surface area contributed by atoms with Gasteiger partial charge in [-0.3, -0.25) is 0 Å². The zero-order chi connectivity index (χ0) is 13.8. The molecule has 1 aliphatic rings. The summed E-state index contributed by atoms with van der Waals surface area (Å²) in [6.45, 7) is 0. The number of rotatable bonds is 4. The summed E-state index contributed by atoms with van der Waals surface area (Å²) in [5.41, 5.74) is 5.96. The molecule has 0 amide bonds. The van der Waals surface area contributed by atoms with Crippen molar-refractivity contribution in [1.82, 2.24) is 5.32 Å². The average molecular weight is 265 g/mol. The molecular formula is C19H23N. The topological polar surface area (TPSA) is 12.0 Å². The summed E-state index contributed by atoms with van der Waals surface area (Å²) in [5, 5.41) is 3.47. The van der Waals surface area contributed by atoms with E-state index in [0.717, 1.165) is 6.42 Å². The van der Waals surface area contributed by atoms with E-state index in [1.54, 1.807) is 11.1 Å². The first-order valence-electron chi connectivity index (χ1n) is 7.69. The fourth-order valence-corrected chi connectivity index (χ4v) is 3.21. The highest BCUT2D eigenvalue weighted by Crippen LogP contribution is 2.26. The molecule has 0 saturated heterocycles. The van der Waals surface area contributed by atoms with Crippen LogP contribution in [-0.4, -0.2) is 7.05 Å². The molecule has 0 heterocycles. The van der Waals surface area contributed by atoms with Gasteiger partial charge in [-0.25, -0.2) is 0 Å². The van der Waals surface area contributed by atoms with Crippen LogP contribution < -0.4 is 5.32 Å². The van der Waals surface area contributed by atoms with Gasteiger partial charge in [0.05, 0.1) is 0 Å². The zero-order valence-corrected chi connectivity index (χ0v) is 12.2. The number of likely N-dealkylation sites (N-methyl/N-ethyl adjacent to an activating group) is 1. The SMILES string of the molecule is CN[C@@H](Cc1ccccc1)c1ccc2c(c1)CCCC2. The Bertz CT molecular complexity index is 559. The van der Waals surface area contributed by atoms with E-state index < -0.39 is 0 Å². The fourth-order valence-electron chi connectivity index (χ4n) is 3.21. The molecule has 1 N–H and O–H groups in total. The molecule has 0 saturated carbocycles. The lowest BCUT2D eigenvalue weighted by Crippen LogP contribution is -2.19. The number of hydrogen-bond acceptors (Lipinski definition) is 1. The Balaban J connectivity index is 1.82. The molecule has 3 rings (SSSR count). The van der Waals surface area contributed by atoms with Gasteiger partial charge < -0.3 is 5.32 Å². The van der Waals surface area contributed by atoms with Crippen LogP contribution in [0.5, 0.6) is 0 Å². The summed E-state index contributed by atoms with van der Waals surface area (Å²) in [6.07, 6.45) is 6.27. The van der Waals surface area contributed by atoms with Gasteiger partial charge >= 0.3 is 0 Å². The van der Waals surface area contributed by atoms with E-state index in [-0.39, 0.29) is 0 Å². The lowest BCUT2D eigenvalue weighted by molar-refractivity contribution is 0.588. The number of aryl methyl sites for hydroxylation is 2. The van der Waals surface area contributed by atoms with Crippen molar-refractivity contribution in [3.05, 3.63) is 70.8 Å². The van der Waals surface area contributed by atoms with Crippen molar-refractivity contribution < 1.29 is 0 Å². The molecule has 1 nitrogen and oxygen atoms in total. The second-order valence-corrected chi connectivity index (χ2v) is 5.77. The Hall–Kier alpha value is -1.60. The molecule has 20 heavy (non-hydrogen) atoms. The Morgan fingerprint density at radius 3 is 2.45 bits per heavy atom. The summed E-state index contributed by atoms with van der Waals surface area (Å²) in [6, 6.07) is 18.2. The summed E-state index contributed by atoms with van der Waals surface area (Å²) < 4.78 is 0. The maximum atomic E-state index is 3.47. The van der Waals surface area contributed by atoms with Crippen LogP contribution >= 0.6 is 0 Å². The normalized spacial score (nSPS) is 15.7. The summed E-state index contributed by atoms with van der Waals surface area (Å²) in [7, 11) is 2.06. The van der Waals surface area contributed by atoms with Crippen molar-refractivity contribution in [3.8, 4) is 0 Å². The first-order chi connectivity index (χ1) is 9.86. The molecule has 1 heteroatoms. The van der Waals surface area contributed by atoms with Crippen LogP contribution in [0, 0.1) is 0 Å². The molecule has 0 radical (unpaired) electrons. The second kappa shape index (κ2) is 6.23. The predicted molar refractivity (Wildman–Crippen MR) is 85.0 cm³/mol. The van der Waals surface area contributed by atoms with E-state index in [4.69, 9.17) is 0 Å². The molecule has 1 aliphatic carbocycles. The molecule has 2 aromatic carbocycles. The standard InChI is InChI=1S/C19H23N/c1-20-19(13-15-7-3-2-4-8-15)18-12-11-16-9-5-6-10-17(16)14-18/h2-4,7-8,11-12,14,19-20H,5-6,9-10,13H2,1H3/t19-/m0/s1. The Kier molecular flexibility index (Phi) is 4.17. The van der Waals surface area contributed by atoms with Gasteiger partial charge in [-0.15, -0.1) is 0 Å². The highest BCUT2D eigenvalue weighted by Gasteiger charge is 2.14. The van der Waals surface area contributed by atoms with Gasteiger partial charge in [0.2, 0.25) is 0 Å². The van der Waals surface area contributed by atoms with Gasteiger partial charge in [0.25, 0.3) is 0 Å². The van der Waals surface area contributed by atoms with Crippen LogP contribution in [0.15, 0.2) is 48.5 Å². The molecule has 1 atom stereocenters. The van der Waals surface area contributed by atoms with E-state index in [9.17, 15) is 0 Å². The molecule has 0 aromatic heterocycles. The Morgan fingerprint density at radius 1 is 0.950 bits per heavy atom. The fraction of sp³-hybridized carbons (Fsp3) is 0.368. The molecular weight excluding hydrogens is 242 g/mol. The average Bonchev–Trinajstić information content (AvgIpc) is 2.53. The Morgan fingerprint density at radius 2 is 1.70 bits per heavy atom. The van der Waals surface area contributed by atoms with E-state index in [1.807, 2.05) is 0 Å². The summed E-state index contributed by atoms with van der Waals surface area (Å²) >= 11 is 0. The minimum atomic E-state index is 0.407. The number of benzene rings is 2. The number of nitrogens with one attached hydrogen (secondary N) is 1. The molecule has 0 spiro atoms. The lowest BCUT2D eigenvalue weighted by atomic mass is 9.88. The lowest BCUT2D eigenvalue weighted by Gasteiger charge is -2.21. The zero-order valence-electron chi connectivity index (χ0n) is 12.2. The highest BCUT2D eigenvalue weighted by atomic mass is 14.9. The maximum Gasteiger partial charge on any atom is 0.0358 e. The van der Waals surface area contributed by atoms with Gasteiger partial charge in [0.1, 0.15) is 0 Å². The van der Waals surface area contributed by atoms with Crippen molar-refractivity contribution in [2.24, 2.45) is 0 Å². The minimum Gasteiger partial charge on any atom is -0.313 e. The number of fused-ring (bicyclic) bond motifs is 1. The summed E-state index contributed by atoms with van der Waals surface area (Å²) in [5.74, 6) is 0. The van der Waals surface area contributed by atoms with Gasteiger partial charge in [-0.05, 0) is 61.4 Å². The highest BCUT2D eigenvalue weighted by molar-refractivity contribution is 5.36. The van der Waals surface area contributed by atoms with Gasteiger partial charge in [-0.2, -0.15) is 0 Å². The molecule has 0 aliphatic heterocycles. The first-order valence-corrected chi connectivity index (χ1v) is 7.69. The van der Waals surface area contributed by atoms with Crippen molar-refractivity contribution in [3.63, 3.8) is 0 Å². The first kappa shape index (κ1) is 13.4. The predicted octanol–water partition coefficient (Wildman–Crippen LogP) is 4.07. The van der Waals surface area contributed by atoms with Gasteiger partial charge in [-0.1, -0.05) is 48.5 Å². The van der Waals surface area contributed by atoms with Crippen LogP contribution in [0.3, 0.4) is 0 Å². The van der Waals surface area contributed by atoms with Crippen LogP contribution in [-0.2, 0) is 19.3 Å². The smallest absolute Gasteiger partial charge is 0.0358 e. The third-order valence-corrected chi connectivity index (χ3v) is 4.41. The van der Waals surface area contributed by atoms with Crippen LogP contribution in [0.2, 0.25) is 0 Å². The van der Waals surface area contributed by atoms with Crippen molar-refractivity contribution in [1.29, 1.82) is 0 Å². The van der Waals surface area contributed by atoms with Crippen LogP contribution in [0.25, 0.3) is 0 Å². The number of hydrogen-bond donors (Lipinski definition) is 1. The third-order valence-electron chi connectivity index (χ3n) is 4.41. The van der Waals surface area contributed by atoms with E-state index >= 15 is 0 Å². The van der Waals surface area contributed by atoms with E-state index in [1.165, 1.54) is 36.8 Å². The molecule has 0 bridgehead atoms. The van der Waals surface area contributed by atoms with Crippen LogP contribution in [0.4, 0.5) is 0 Å². The Labute approximate surface area is 122 Å². The third kappa shape index (κ3) is 2.94. The van der Waals surface area contributed by atoms with Crippen molar-refractivity contribution >= 4 is 0 Å². The van der Waals surface area contributed by atoms with Gasteiger partial charge in [0.15, 0.2) is 0 Å². The molecule has 0 unspecified atom stereocenters. The van der Waals surface area contributed by atoms with E-state index in [2.05, 4.69) is 60.9 Å². The molecule has 104 valence electrons. The van der Waals surface area contributed by atoms with Gasteiger partial charge in [0, 0.05) is 6.04 Å². The largest absolute Gasteiger partial charge is 0.313 e.